The Morgan fingerprint density at radius 2 is 1.50 bits per heavy atom. The van der Waals surface area contributed by atoms with E-state index in [0.29, 0.717) is 0 Å². The monoisotopic (exact) mass is 252 g/mol. The SMILES string of the molecule is Cc1c(C)c(C)c2[nH]c(Br)nc2c1C. The Labute approximate surface area is 91.9 Å². The van der Waals surface area contributed by atoms with Crippen LogP contribution in [0.5, 0.6) is 0 Å². The van der Waals surface area contributed by atoms with E-state index in [2.05, 4.69) is 53.6 Å². The van der Waals surface area contributed by atoms with Gasteiger partial charge in [0.05, 0.1) is 11.0 Å². The van der Waals surface area contributed by atoms with Crippen LogP contribution in [0.15, 0.2) is 4.73 Å². The summed E-state index contributed by atoms with van der Waals surface area (Å²) in [7, 11) is 0. The Balaban J connectivity index is 3.01. The second-order valence-electron chi connectivity index (χ2n) is 3.75. The second-order valence-corrected chi connectivity index (χ2v) is 4.50. The van der Waals surface area contributed by atoms with E-state index < -0.39 is 0 Å². The number of rotatable bonds is 0. The van der Waals surface area contributed by atoms with Crippen molar-refractivity contribution in [3.63, 3.8) is 0 Å². The lowest BCUT2D eigenvalue weighted by Gasteiger charge is -2.09. The zero-order valence-electron chi connectivity index (χ0n) is 8.83. The van der Waals surface area contributed by atoms with Gasteiger partial charge in [-0.1, -0.05) is 0 Å². The van der Waals surface area contributed by atoms with Crippen LogP contribution in [-0.2, 0) is 0 Å². The predicted molar refractivity (Wildman–Crippen MR) is 62.7 cm³/mol. The number of aromatic nitrogens is 2. The van der Waals surface area contributed by atoms with Crippen LogP contribution in [0.4, 0.5) is 0 Å². The van der Waals surface area contributed by atoms with E-state index in [-0.39, 0.29) is 0 Å². The third-order valence-corrected chi connectivity index (χ3v) is 3.47. The van der Waals surface area contributed by atoms with Gasteiger partial charge in [-0.3, -0.25) is 0 Å². The molecule has 0 saturated heterocycles. The third-order valence-electron chi connectivity index (χ3n) is 3.09. The number of halogens is 1. The Bertz CT molecular complexity index is 467. The molecule has 0 fully saturated rings. The molecular formula is C11H13BrN2. The molecule has 1 aromatic heterocycles. The smallest absolute Gasteiger partial charge is 0.175 e. The van der Waals surface area contributed by atoms with Crippen LogP contribution in [-0.4, -0.2) is 9.97 Å². The molecule has 2 nitrogen and oxygen atoms in total. The molecule has 0 radical (unpaired) electrons. The van der Waals surface area contributed by atoms with Gasteiger partial charge >= 0.3 is 0 Å². The van der Waals surface area contributed by atoms with Crippen molar-refractivity contribution in [2.45, 2.75) is 27.7 Å². The van der Waals surface area contributed by atoms with E-state index in [0.717, 1.165) is 15.8 Å². The quantitative estimate of drug-likeness (QED) is 0.764. The molecule has 1 aromatic carbocycles. The first kappa shape index (κ1) is 9.71. The van der Waals surface area contributed by atoms with Crippen LogP contribution in [0.3, 0.4) is 0 Å². The van der Waals surface area contributed by atoms with Crippen LogP contribution < -0.4 is 0 Å². The Morgan fingerprint density at radius 3 is 2.14 bits per heavy atom. The normalized spacial score (nSPS) is 11.2. The molecule has 74 valence electrons. The summed E-state index contributed by atoms with van der Waals surface area (Å²) in [6.07, 6.45) is 0. The highest BCUT2D eigenvalue weighted by molar-refractivity contribution is 9.10. The predicted octanol–water partition coefficient (Wildman–Crippen LogP) is 3.56. The molecular weight excluding hydrogens is 240 g/mol. The molecule has 1 heterocycles. The van der Waals surface area contributed by atoms with Gasteiger partial charge in [-0.05, 0) is 65.9 Å². The van der Waals surface area contributed by atoms with Crippen LogP contribution in [0.1, 0.15) is 22.3 Å². The molecule has 0 bridgehead atoms. The minimum absolute atomic E-state index is 0.809. The number of aryl methyl sites for hydroxylation is 2. The maximum absolute atomic E-state index is 4.44. The summed E-state index contributed by atoms with van der Waals surface area (Å²) in [5.74, 6) is 0. The van der Waals surface area contributed by atoms with E-state index in [1.807, 2.05) is 0 Å². The molecule has 0 aliphatic carbocycles. The number of benzene rings is 1. The fourth-order valence-electron chi connectivity index (χ4n) is 1.81. The lowest BCUT2D eigenvalue weighted by atomic mass is 9.98. The summed E-state index contributed by atoms with van der Waals surface area (Å²) in [5, 5.41) is 0. The number of nitrogens with one attached hydrogen (secondary N) is 1. The highest BCUT2D eigenvalue weighted by Gasteiger charge is 2.11. The van der Waals surface area contributed by atoms with Crippen molar-refractivity contribution < 1.29 is 0 Å². The number of imidazole rings is 1. The second kappa shape index (κ2) is 3.09. The zero-order valence-corrected chi connectivity index (χ0v) is 10.4. The fourth-order valence-corrected chi connectivity index (χ4v) is 2.19. The van der Waals surface area contributed by atoms with Crippen LogP contribution in [0.25, 0.3) is 11.0 Å². The Morgan fingerprint density at radius 1 is 0.929 bits per heavy atom. The minimum Gasteiger partial charge on any atom is -0.332 e. The summed E-state index contributed by atoms with van der Waals surface area (Å²) in [4.78, 5) is 7.68. The first-order valence-corrected chi connectivity index (χ1v) is 5.43. The fraction of sp³-hybridized carbons (Fsp3) is 0.364. The van der Waals surface area contributed by atoms with Gasteiger partial charge in [-0.2, -0.15) is 0 Å². The zero-order chi connectivity index (χ0) is 10.5. The summed E-state index contributed by atoms with van der Waals surface area (Å²) in [6, 6.07) is 0. The van der Waals surface area contributed by atoms with E-state index in [1.165, 1.54) is 22.3 Å². The lowest BCUT2D eigenvalue weighted by Crippen LogP contribution is -1.92. The molecule has 2 aromatic rings. The number of aromatic amines is 1. The maximum Gasteiger partial charge on any atom is 0.175 e. The molecule has 0 saturated carbocycles. The Hall–Kier alpha value is -0.830. The molecule has 1 N–H and O–H groups in total. The van der Waals surface area contributed by atoms with Crippen LogP contribution in [0, 0.1) is 27.7 Å². The number of nitrogens with zero attached hydrogens (tertiary/aromatic N) is 1. The van der Waals surface area contributed by atoms with Crippen LogP contribution >= 0.6 is 15.9 Å². The molecule has 3 heteroatoms. The van der Waals surface area contributed by atoms with Crippen molar-refractivity contribution in [3.05, 3.63) is 27.0 Å². The number of H-pyrrole nitrogens is 1. The van der Waals surface area contributed by atoms with Gasteiger partial charge in [-0.25, -0.2) is 4.98 Å². The van der Waals surface area contributed by atoms with Gasteiger partial charge in [0.25, 0.3) is 0 Å². The molecule has 2 rings (SSSR count). The van der Waals surface area contributed by atoms with E-state index in [9.17, 15) is 0 Å². The van der Waals surface area contributed by atoms with Crippen molar-refractivity contribution in [2.75, 3.05) is 0 Å². The molecule has 0 atom stereocenters. The first-order chi connectivity index (χ1) is 6.52. The average Bonchev–Trinajstić information content (AvgIpc) is 2.54. The van der Waals surface area contributed by atoms with E-state index in [1.54, 1.807) is 0 Å². The minimum atomic E-state index is 0.809. The summed E-state index contributed by atoms with van der Waals surface area (Å²) < 4.78 is 0.809. The largest absolute Gasteiger partial charge is 0.332 e. The van der Waals surface area contributed by atoms with E-state index in [4.69, 9.17) is 0 Å². The number of hydrogen-bond donors (Lipinski definition) is 1. The molecule has 0 aliphatic heterocycles. The molecule has 0 amide bonds. The molecule has 0 aliphatic rings. The van der Waals surface area contributed by atoms with Gasteiger partial charge in [-0.15, -0.1) is 0 Å². The average molecular weight is 253 g/mol. The number of hydrogen-bond acceptors (Lipinski definition) is 1. The van der Waals surface area contributed by atoms with Crippen molar-refractivity contribution in [3.8, 4) is 0 Å². The summed E-state index contributed by atoms with van der Waals surface area (Å²) in [5.41, 5.74) is 7.49. The summed E-state index contributed by atoms with van der Waals surface area (Å²) >= 11 is 3.38. The third kappa shape index (κ3) is 1.19. The first-order valence-electron chi connectivity index (χ1n) is 4.64. The Kier molecular flexibility index (Phi) is 2.14. The molecule has 0 spiro atoms. The van der Waals surface area contributed by atoms with Gasteiger partial charge in [0.2, 0.25) is 0 Å². The molecule has 14 heavy (non-hydrogen) atoms. The van der Waals surface area contributed by atoms with Gasteiger partial charge in [0.15, 0.2) is 4.73 Å². The van der Waals surface area contributed by atoms with Crippen molar-refractivity contribution in [1.29, 1.82) is 0 Å². The topological polar surface area (TPSA) is 28.7 Å². The van der Waals surface area contributed by atoms with Gasteiger partial charge in [0, 0.05) is 0 Å². The standard InChI is InChI=1S/C11H13BrN2/c1-5-6(2)8(4)10-9(7(5)3)13-11(12)14-10/h1-4H3,(H,13,14). The van der Waals surface area contributed by atoms with Crippen molar-refractivity contribution >= 4 is 27.0 Å². The maximum atomic E-state index is 4.44. The van der Waals surface area contributed by atoms with Gasteiger partial charge < -0.3 is 4.98 Å². The molecule has 0 unspecified atom stereocenters. The van der Waals surface area contributed by atoms with Gasteiger partial charge in [0.1, 0.15) is 0 Å². The number of fused-ring (bicyclic) bond motifs is 1. The highest BCUT2D eigenvalue weighted by atomic mass is 79.9. The van der Waals surface area contributed by atoms with E-state index >= 15 is 0 Å². The summed E-state index contributed by atoms with van der Waals surface area (Å²) in [6.45, 7) is 8.57. The lowest BCUT2D eigenvalue weighted by molar-refractivity contribution is 1.24. The van der Waals surface area contributed by atoms with Crippen molar-refractivity contribution in [1.82, 2.24) is 9.97 Å². The van der Waals surface area contributed by atoms with Crippen molar-refractivity contribution in [2.24, 2.45) is 0 Å². The highest BCUT2D eigenvalue weighted by Crippen LogP contribution is 2.28. The van der Waals surface area contributed by atoms with Crippen LogP contribution in [0.2, 0.25) is 0 Å².